The lowest BCUT2D eigenvalue weighted by atomic mass is 10.2. The summed E-state index contributed by atoms with van der Waals surface area (Å²) in [7, 11) is 0. The van der Waals surface area contributed by atoms with Gasteiger partial charge in [-0.2, -0.15) is 0 Å². The van der Waals surface area contributed by atoms with Crippen LogP contribution in [0.3, 0.4) is 0 Å². The van der Waals surface area contributed by atoms with Crippen LogP contribution in [-0.4, -0.2) is 42.9 Å². The van der Waals surface area contributed by atoms with Crippen LogP contribution in [0.15, 0.2) is 27.7 Å². The minimum Gasteiger partial charge on any atom is -0.357 e. The maximum absolute atomic E-state index is 13.4. The average molecular weight is 399 g/mol. The van der Waals surface area contributed by atoms with E-state index in [1.54, 1.807) is 0 Å². The van der Waals surface area contributed by atoms with E-state index in [0.29, 0.717) is 23.4 Å². The second-order valence-corrected chi connectivity index (χ2v) is 6.65. The van der Waals surface area contributed by atoms with Gasteiger partial charge >= 0.3 is 0 Å². The van der Waals surface area contributed by atoms with Crippen LogP contribution in [0.5, 0.6) is 0 Å². The van der Waals surface area contributed by atoms with Gasteiger partial charge in [0.25, 0.3) is 0 Å². The molecule has 132 valence electrons. The summed E-state index contributed by atoms with van der Waals surface area (Å²) in [4.78, 5) is 17.9. The Balaban J connectivity index is 1.80. The minimum atomic E-state index is -0.275. The molecule has 0 atom stereocenters. The fourth-order valence-electron chi connectivity index (χ4n) is 2.63. The number of amides is 1. The lowest BCUT2D eigenvalue weighted by Crippen LogP contribution is -2.39. The molecule has 1 heterocycles. The van der Waals surface area contributed by atoms with Crippen molar-refractivity contribution in [1.82, 2.24) is 15.5 Å². The smallest absolute Gasteiger partial charge is 0.222 e. The number of halogens is 2. The number of carbonyl (C=O) groups is 1. The lowest BCUT2D eigenvalue weighted by molar-refractivity contribution is -0.127. The third-order valence-corrected chi connectivity index (χ3v) is 4.21. The highest BCUT2D eigenvalue weighted by atomic mass is 79.9. The maximum atomic E-state index is 13.4. The van der Waals surface area contributed by atoms with Gasteiger partial charge in [-0.3, -0.25) is 4.79 Å². The summed E-state index contributed by atoms with van der Waals surface area (Å²) in [5, 5.41) is 6.43. The molecule has 1 saturated heterocycles. The van der Waals surface area contributed by atoms with Gasteiger partial charge in [0, 0.05) is 37.1 Å². The summed E-state index contributed by atoms with van der Waals surface area (Å²) in [6.45, 7) is 5.55. The molecule has 5 nitrogen and oxygen atoms in total. The molecule has 1 amide bonds. The first kappa shape index (κ1) is 18.7. The fourth-order valence-corrected chi connectivity index (χ4v) is 3.14. The summed E-state index contributed by atoms with van der Waals surface area (Å²) in [5.74, 6) is 0.681. The number of hydrogen-bond donors (Lipinski definition) is 2. The van der Waals surface area contributed by atoms with Gasteiger partial charge in [0.1, 0.15) is 5.82 Å². The van der Waals surface area contributed by atoms with E-state index in [4.69, 9.17) is 0 Å². The molecule has 0 unspecified atom stereocenters. The predicted octanol–water partition coefficient (Wildman–Crippen LogP) is 2.66. The van der Waals surface area contributed by atoms with E-state index in [-0.39, 0.29) is 11.7 Å². The Hall–Kier alpha value is -1.63. The van der Waals surface area contributed by atoms with Crippen LogP contribution in [0, 0.1) is 5.82 Å². The minimum absolute atomic E-state index is 0.257. The van der Waals surface area contributed by atoms with Crippen LogP contribution < -0.4 is 10.6 Å². The van der Waals surface area contributed by atoms with Crippen LogP contribution in [0.4, 0.5) is 4.39 Å². The van der Waals surface area contributed by atoms with E-state index in [1.807, 2.05) is 17.9 Å². The average Bonchev–Trinajstić information content (AvgIpc) is 2.93. The highest BCUT2D eigenvalue weighted by Crippen LogP contribution is 2.15. The van der Waals surface area contributed by atoms with Crippen LogP contribution in [-0.2, 0) is 11.3 Å². The van der Waals surface area contributed by atoms with E-state index in [1.165, 1.54) is 12.1 Å². The summed E-state index contributed by atoms with van der Waals surface area (Å²) >= 11 is 3.29. The Bertz CT molecular complexity index is 574. The molecule has 1 aliphatic rings. The number of benzene rings is 1. The van der Waals surface area contributed by atoms with Crippen molar-refractivity contribution in [2.45, 2.75) is 32.7 Å². The van der Waals surface area contributed by atoms with Gasteiger partial charge < -0.3 is 15.5 Å². The molecule has 1 aromatic carbocycles. The van der Waals surface area contributed by atoms with Crippen LogP contribution in [0.1, 0.15) is 31.7 Å². The van der Waals surface area contributed by atoms with Crippen molar-refractivity contribution in [3.8, 4) is 0 Å². The second kappa shape index (κ2) is 9.61. The molecule has 0 radical (unpaired) electrons. The first-order valence-electron chi connectivity index (χ1n) is 8.33. The van der Waals surface area contributed by atoms with Gasteiger partial charge in [-0.15, -0.1) is 0 Å². The topological polar surface area (TPSA) is 56.7 Å². The zero-order valence-corrected chi connectivity index (χ0v) is 15.5. The maximum Gasteiger partial charge on any atom is 0.222 e. The predicted molar refractivity (Wildman–Crippen MR) is 97.3 cm³/mol. The first-order chi connectivity index (χ1) is 11.6. The van der Waals surface area contributed by atoms with Crippen LogP contribution >= 0.6 is 15.9 Å². The molecule has 1 aliphatic heterocycles. The molecule has 0 saturated carbocycles. The Kier molecular flexibility index (Phi) is 7.49. The number of nitrogens with zero attached hydrogens (tertiary/aromatic N) is 2. The molecule has 2 N–H and O–H groups in total. The normalized spacial score (nSPS) is 15.0. The van der Waals surface area contributed by atoms with Crippen molar-refractivity contribution < 1.29 is 9.18 Å². The third kappa shape index (κ3) is 6.11. The zero-order chi connectivity index (χ0) is 17.4. The second-order valence-electron chi connectivity index (χ2n) is 5.74. The number of rotatable bonds is 7. The molecule has 0 aliphatic carbocycles. The SMILES string of the molecule is CCNC(=NCc1cc(F)cc(Br)c1)NCCCN1CCCC1=O. The van der Waals surface area contributed by atoms with Crippen LogP contribution in [0.25, 0.3) is 0 Å². The van der Waals surface area contributed by atoms with E-state index in [0.717, 1.165) is 44.6 Å². The van der Waals surface area contributed by atoms with Gasteiger partial charge in [-0.1, -0.05) is 15.9 Å². The fraction of sp³-hybridized carbons (Fsp3) is 0.529. The Morgan fingerprint density at radius 2 is 2.21 bits per heavy atom. The van der Waals surface area contributed by atoms with Crippen molar-refractivity contribution in [2.75, 3.05) is 26.2 Å². The molecule has 0 aromatic heterocycles. The van der Waals surface area contributed by atoms with E-state index < -0.39 is 0 Å². The quantitative estimate of drug-likeness (QED) is 0.421. The lowest BCUT2D eigenvalue weighted by Gasteiger charge is -2.16. The van der Waals surface area contributed by atoms with Gasteiger partial charge in [0.15, 0.2) is 5.96 Å². The number of guanidine groups is 1. The zero-order valence-electron chi connectivity index (χ0n) is 13.9. The van der Waals surface area contributed by atoms with E-state index in [2.05, 4.69) is 31.6 Å². The summed E-state index contributed by atoms with van der Waals surface area (Å²) < 4.78 is 14.1. The molecule has 0 bridgehead atoms. The Morgan fingerprint density at radius 3 is 2.88 bits per heavy atom. The van der Waals surface area contributed by atoms with Gasteiger partial charge in [-0.25, -0.2) is 9.38 Å². The monoisotopic (exact) mass is 398 g/mol. The summed E-state index contributed by atoms with van der Waals surface area (Å²) in [6.07, 6.45) is 2.53. The van der Waals surface area contributed by atoms with Crippen molar-refractivity contribution in [3.63, 3.8) is 0 Å². The molecule has 2 rings (SSSR count). The molecule has 24 heavy (non-hydrogen) atoms. The number of nitrogens with one attached hydrogen (secondary N) is 2. The van der Waals surface area contributed by atoms with E-state index >= 15 is 0 Å². The number of likely N-dealkylation sites (tertiary alicyclic amines) is 1. The Labute approximate surface area is 150 Å². The highest BCUT2D eigenvalue weighted by molar-refractivity contribution is 9.10. The van der Waals surface area contributed by atoms with Crippen molar-refractivity contribution in [3.05, 3.63) is 34.1 Å². The summed E-state index contributed by atoms with van der Waals surface area (Å²) in [5.41, 5.74) is 0.807. The highest BCUT2D eigenvalue weighted by Gasteiger charge is 2.18. The molecular weight excluding hydrogens is 375 g/mol. The van der Waals surface area contributed by atoms with Gasteiger partial charge in [0.2, 0.25) is 5.91 Å². The van der Waals surface area contributed by atoms with Crippen molar-refractivity contribution in [2.24, 2.45) is 4.99 Å². The molecule has 7 heteroatoms. The Morgan fingerprint density at radius 1 is 1.38 bits per heavy atom. The molecular formula is C17H24BrFN4O. The number of aliphatic imine (C=N–C) groups is 1. The standard InChI is InChI=1S/C17H24BrFN4O/c1-2-20-17(21-6-4-8-23-7-3-5-16(23)24)22-12-13-9-14(18)11-15(19)10-13/h9-11H,2-8,12H2,1H3,(H2,20,21,22). The van der Waals surface area contributed by atoms with Crippen molar-refractivity contribution in [1.29, 1.82) is 0 Å². The third-order valence-electron chi connectivity index (χ3n) is 3.75. The van der Waals surface area contributed by atoms with E-state index in [9.17, 15) is 9.18 Å². The molecule has 1 aromatic rings. The number of hydrogen-bond acceptors (Lipinski definition) is 2. The van der Waals surface area contributed by atoms with Crippen LogP contribution in [0.2, 0.25) is 0 Å². The summed E-state index contributed by atoms with van der Waals surface area (Å²) in [6, 6.07) is 4.77. The van der Waals surface area contributed by atoms with Gasteiger partial charge in [0.05, 0.1) is 6.54 Å². The van der Waals surface area contributed by atoms with Crippen molar-refractivity contribution >= 4 is 27.8 Å². The van der Waals surface area contributed by atoms with Gasteiger partial charge in [-0.05, 0) is 43.5 Å². The number of carbonyl (C=O) groups excluding carboxylic acids is 1. The largest absolute Gasteiger partial charge is 0.357 e. The first-order valence-corrected chi connectivity index (χ1v) is 9.12. The molecule has 1 fully saturated rings. The molecule has 0 spiro atoms.